The van der Waals surface area contributed by atoms with E-state index in [2.05, 4.69) is 11.8 Å². The van der Waals surface area contributed by atoms with Crippen LogP contribution in [0, 0.1) is 11.8 Å². The van der Waals surface area contributed by atoms with Crippen molar-refractivity contribution in [2.24, 2.45) is 0 Å². The molecule has 4 heteroatoms. The number of hydrogen-bond donors (Lipinski definition) is 0. The Balaban J connectivity index is 5.54. The molecule has 0 saturated carbocycles. The molecule has 0 unspecified atom stereocenters. The predicted octanol–water partition coefficient (Wildman–Crippen LogP) is 4.39. The van der Waals surface area contributed by atoms with Gasteiger partial charge in [0.2, 0.25) is 0 Å². The van der Waals surface area contributed by atoms with Gasteiger partial charge in [0.15, 0.2) is 0 Å². The van der Waals surface area contributed by atoms with E-state index in [1.54, 1.807) is 0 Å². The first-order valence-corrected chi connectivity index (χ1v) is 12.7. The summed E-state index contributed by atoms with van der Waals surface area (Å²) in [4.78, 5) is 0. The molecule has 0 aromatic rings. The van der Waals surface area contributed by atoms with Gasteiger partial charge < -0.3 is 0 Å². The molecule has 3 nitrogen and oxygen atoms in total. The Bertz CT molecular complexity index is 318. The van der Waals surface area contributed by atoms with Crippen LogP contribution in [-0.2, 0) is 9.22 Å². The molecule has 20 heavy (non-hydrogen) atoms. The van der Waals surface area contributed by atoms with Gasteiger partial charge in [-0.05, 0) is 0 Å². The van der Waals surface area contributed by atoms with Gasteiger partial charge in [-0.15, -0.1) is 0 Å². The summed E-state index contributed by atoms with van der Waals surface area (Å²) in [5.41, 5.74) is -0.911. The van der Waals surface area contributed by atoms with Crippen molar-refractivity contribution in [3.63, 3.8) is 0 Å². The van der Waals surface area contributed by atoms with Crippen LogP contribution in [0.15, 0.2) is 0 Å². The van der Waals surface area contributed by atoms with Crippen LogP contribution in [0.4, 0.5) is 0 Å². The zero-order valence-corrected chi connectivity index (χ0v) is 17.8. The van der Waals surface area contributed by atoms with Gasteiger partial charge in [-0.1, -0.05) is 0 Å². The Kier molecular flexibility index (Phi) is 7.08. The molecule has 0 atom stereocenters. The quantitative estimate of drug-likeness (QED) is 0.526. The summed E-state index contributed by atoms with van der Waals surface area (Å²) >= 11 is -3.78. The van der Waals surface area contributed by atoms with Gasteiger partial charge in [-0.2, -0.15) is 0 Å². The van der Waals surface area contributed by atoms with Crippen molar-refractivity contribution in [1.82, 2.24) is 0 Å². The normalized spacial score (nSPS) is 13.9. The average Bonchev–Trinajstić information content (AvgIpc) is 2.05. The fourth-order valence-corrected chi connectivity index (χ4v) is 11.9. The minimum absolute atomic E-state index is 0.304. The maximum absolute atomic E-state index is 6.34. The van der Waals surface area contributed by atoms with E-state index >= 15 is 0 Å². The van der Waals surface area contributed by atoms with E-state index in [1.807, 2.05) is 69.2 Å². The third-order valence-corrected chi connectivity index (χ3v) is 11.5. The van der Waals surface area contributed by atoms with Crippen molar-refractivity contribution in [2.45, 2.75) is 90.5 Å². The topological polar surface area (TPSA) is 27.7 Å². The van der Waals surface area contributed by atoms with E-state index in [0.29, 0.717) is 4.44 Å². The van der Waals surface area contributed by atoms with Crippen LogP contribution in [0.2, 0.25) is 4.44 Å². The molecule has 0 aromatic heterocycles. The zero-order chi connectivity index (χ0) is 16.2. The van der Waals surface area contributed by atoms with Gasteiger partial charge in [-0.25, -0.2) is 0 Å². The van der Waals surface area contributed by atoms with Gasteiger partial charge >= 0.3 is 131 Å². The Labute approximate surface area is 131 Å². The molecular weight excluding hydrogens is 359 g/mol. The van der Waals surface area contributed by atoms with Crippen molar-refractivity contribution in [3.05, 3.63) is 0 Å². The average molecular weight is 391 g/mol. The summed E-state index contributed by atoms with van der Waals surface area (Å²) in [5, 5.41) is 0. The SMILES string of the molecule is CC#C[CH2][Sn]([O]C(C)(C)C)([O]C(C)(C)C)[O]C(C)(C)C. The first-order chi connectivity index (χ1) is 8.68. The van der Waals surface area contributed by atoms with Gasteiger partial charge in [0.1, 0.15) is 0 Å². The van der Waals surface area contributed by atoms with Crippen molar-refractivity contribution in [2.75, 3.05) is 0 Å². The van der Waals surface area contributed by atoms with Gasteiger partial charge in [-0.3, -0.25) is 0 Å². The molecule has 0 radical (unpaired) electrons. The molecule has 0 spiro atoms. The Morgan fingerprint density at radius 2 is 1.00 bits per heavy atom. The summed E-state index contributed by atoms with van der Waals surface area (Å²) < 4.78 is 19.6. The summed E-state index contributed by atoms with van der Waals surface area (Å²) in [6.45, 7) is 20.2. The minimum atomic E-state index is -3.78. The van der Waals surface area contributed by atoms with Crippen molar-refractivity contribution in [3.8, 4) is 11.8 Å². The monoisotopic (exact) mass is 392 g/mol. The van der Waals surface area contributed by atoms with E-state index in [9.17, 15) is 0 Å². The molecule has 0 aromatic carbocycles. The molecule has 0 fully saturated rings. The summed E-state index contributed by atoms with van der Waals surface area (Å²) in [5.74, 6) is 6.07. The molecule has 0 aliphatic rings. The molecular formula is C16H32O3Sn. The van der Waals surface area contributed by atoms with Crippen LogP contribution < -0.4 is 0 Å². The summed E-state index contributed by atoms with van der Waals surface area (Å²) in [6, 6.07) is 0. The molecule has 0 amide bonds. The maximum atomic E-state index is 6.34. The second-order valence-electron chi connectivity index (χ2n) is 7.93. The van der Waals surface area contributed by atoms with Crippen LogP contribution >= 0.6 is 0 Å². The Hall–Kier alpha value is 0.239. The fourth-order valence-electron chi connectivity index (χ4n) is 1.77. The van der Waals surface area contributed by atoms with Gasteiger partial charge in [0, 0.05) is 0 Å². The molecule has 0 rings (SSSR count). The van der Waals surface area contributed by atoms with Gasteiger partial charge in [0.25, 0.3) is 0 Å². The van der Waals surface area contributed by atoms with E-state index in [0.717, 1.165) is 0 Å². The van der Waals surface area contributed by atoms with Crippen molar-refractivity contribution >= 4 is 19.6 Å². The standard InChI is InChI=1S/3C4H9O.C4H5.Sn/c3*1-4(2,3)5;1-3-4-2;/h3*1-3H3;1H2,2H3;/q3*-1;;+3. The second-order valence-corrected chi connectivity index (χ2v) is 14.6. The van der Waals surface area contributed by atoms with Gasteiger partial charge in [0.05, 0.1) is 0 Å². The van der Waals surface area contributed by atoms with E-state index in [1.165, 1.54) is 0 Å². The molecule has 0 heterocycles. The molecule has 0 saturated heterocycles. The first-order valence-electron chi connectivity index (χ1n) is 7.18. The second kappa shape index (κ2) is 7.00. The predicted molar refractivity (Wildman–Crippen MR) is 86.5 cm³/mol. The van der Waals surface area contributed by atoms with E-state index < -0.39 is 19.6 Å². The molecule has 0 aliphatic carbocycles. The first kappa shape index (κ1) is 20.2. The van der Waals surface area contributed by atoms with Crippen LogP contribution in [-0.4, -0.2) is 36.4 Å². The summed E-state index contributed by atoms with van der Waals surface area (Å²) in [7, 11) is 0. The Morgan fingerprint density at radius 1 is 0.700 bits per heavy atom. The fraction of sp³-hybridized carbons (Fsp3) is 0.875. The molecule has 0 bridgehead atoms. The third kappa shape index (κ3) is 10.0. The van der Waals surface area contributed by atoms with Crippen LogP contribution in [0.25, 0.3) is 0 Å². The van der Waals surface area contributed by atoms with E-state index in [4.69, 9.17) is 9.22 Å². The van der Waals surface area contributed by atoms with Crippen LogP contribution in [0.3, 0.4) is 0 Å². The van der Waals surface area contributed by atoms with Crippen molar-refractivity contribution in [1.29, 1.82) is 0 Å². The van der Waals surface area contributed by atoms with Crippen molar-refractivity contribution < 1.29 is 9.22 Å². The zero-order valence-electron chi connectivity index (χ0n) is 14.9. The van der Waals surface area contributed by atoms with E-state index in [-0.39, 0.29) is 16.8 Å². The number of rotatable bonds is 4. The molecule has 0 aliphatic heterocycles. The Morgan fingerprint density at radius 3 is 1.20 bits per heavy atom. The summed E-state index contributed by atoms with van der Waals surface area (Å²) in [6.07, 6.45) is 0. The van der Waals surface area contributed by atoms with Crippen LogP contribution in [0.5, 0.6) is 0 Å². The third-order valence-electron chi connectivity index (χ3n) is 1.87. The number of hydrogen-bond acceptors (Lipinski definition) is 3. The van der Waals surface area contributed by atoms with Crippen LogP contribution in [0.1, 0.15) is 69.2 Å². The molecule has 0 N–H and O–H groups in total. The molecule has 118 valence electrons.